The van der Waals surface area contributed by atoms with Crippen LogP contribution in [0.4, 0.5) is 0 Å². The van der Waals surface area contributed by atoms with Crippen LogP contribution in [-0.4, -0.2) is 30.0 Å². The SMILES string of the molecule is COc1cc(CNC(CO)CC(C)C)ccc1OCc1c(C)noc1C. The van der Waals surface area contributed by atoms with Gasteiger partial charge in [0, 0.05) is 12.6 Å². The first-order valence-corrected chi connectivity index (χ1v) is 9.00. The minimum absolute atomic E-state index is 0.0939. The lowest BCUT2D eigenvalue weighted by Crippen LogP contribution is -2.33. The molecule has 0 aliphatic rings. The molecule has 1 aromatic heterocycles. The molecule has 0 amide bonds. The molecule has 144 valence electrons. The molecule has 0 saturated heterocycles. The second-order valence-corrected chi connectivity index (χ2v) is 6.97. The maximum atomic E-state index is 9.48. The molecule has 0 radical (unpaired) electrons. The van der Waals surface area contributed by atoms with Gasteiger partial charge in [0.15, 0.2) is 11.5 Å². The number of nitrogens with zero attached hydrogens (tertiary/aromatic N) is 1. The van der Waals surface area contributed by atoms with E-state index < -0.39 is 0 Å². The van der Waals surface area contributed by atoms with Gasteiger partial charge in [0.25, 0.3) is 0 Å². The molecule has 0 bridgehead atoms. The number of aromatic nitrogens is 1. The van der Waals surface area contributed by atoms with Gasteiger partial charge in [0.2, 0.25) is 0 Å². The Balaban J connectivity index is 2.00. The van der Waals surface area contributed by atoms with E-state index in [1.54, 1.807) is 7.11 Å². The average Bonchev–Trinajstić information content (AvgIpc) is 2.94. The summed E-state index contributed by atoms with van der Waals surface area (Å²) in [7, 11) is 1.63. The molecule has 26 heavy (non-hydrogen) atoms. The Labute approximate surface area is 155 Å². The number of ether oxygens (including phenoxy) is 2. The van der Waals surface area contributed by atoms with Crippen molar-refractivity contribution >= 4 is 0 Å². The Bertz CT molecular complexity index is 678. The molecule has 1 atom stereocenters. The van der Waals surface area contributed by atoms with E-state index in [4.69, 9.17) is 14.0 Å². The molecular weight excluding hydrogens is 332 g/mol. The molecule has 1 heterocycles. The fourth-order valence-corrected chi connectivity index (χ4v) is 2.85. The standard InChI is InChI=1S/C20H30N2O4/c1-13(2)8-17(11-23)21-10-16-6-7-19(20(9-16)24-5)25-12-18-14(3)22-26-15(18)4/h6-7,9,13,17,21,23H,8,10-12H2,1-5H3. The van der Waals surface area contributed by atoms with Crippen LogP contribution in [-0.2, 0) is 13.2 Å². The highest BCUT2D eigenvalue weighted by molar-refractivity contribution is 5.43. The van der Waals surface area contributed by atoms with Crippen LogP contribution >= 0.6 is 0 Å². The van der Waals surface area contributed by atoms with E-state index in [0.717, 1.165) is 29.0 Å². The zero-order chi connectivity index (χ0) is 19.1. The molecule has 2 rings (SSSR count). The van der Waals surface area contributed by atoms with Crippen LogP contribution in [0.2, 0.25) is 0 Å². The van der Waals surface area contributed by atoms with Crippen LogP contribution in [0.5, 0.6) is 11.5 Å². The average molecular weight is 362 g/mol. The van der Waals surface area contributed by atoms with E-state index in [9.17, 15) is 5.11 Å². The number of aliphatic hydroxyl groups excluding tert-OH is 1. The van der Waals surface area contributed by atoms with Gasteiger partial charge in [-0.3, -0.25) is 0 Å². The van der Waals surface area contributed by atoms with Crippen molar-refractivity contribution < 1.29 is 19.1 Å². The molecule has 0 aliphatic carbocycles. The number of rotatable bonds is 10. The molecule has 2 aromatic rings. The number of methoxy groups -OCH3 is 1. The Hall–Kier alpha value is -2.05. The number of nitrogens with one attached hydrogen (secondary N) is 1. The Morgan fingerprint density at radius 2 is 2.00 bits per heavy atom. The third-order valence-electron chi connectivity index (χ3n) is 4.35. The second kappa shape index (κ2) is 9.59. The second-order valence-electron chi connectivity index (χ2n) is 6.97. The molecule has 1 unspecified atom stereocenters. The lowest BCUT2D eigenvalue weighted by atomic mass is 10.0. The van der Waals surface area contributed by atoms with E-state index in [-0.39, 0.29) is 12.6 Å². The maximum Gasteiger partial charge on any atom is 0.161 e. The summed E-state index contributed by atoms with van der Waals surface area (Å²) < 4.78 is 16.5. The monoisotopic (exact) mass is 362 g/mol. The first kappa shape index (κ1) is 20.3. The smallest absolute Gasteiger partial charge is 0.161 e. The van der Waals surface area contributed by atoms with Gasteiger partial charge < -0.3 is 24.4 Å². The molecule has 0 aliphatic heterocycles. The predicted octanol–water partition coefficient (Wildman–Crippen LogP) is 3.38. The highest BCUT2D eigenvalue weighted by Crippen LogP contribution is 2.29. The van der Waals surface area contributed by atoms with Gasteiger partial charge in [-0.15, -0.1) is 0 Å². The van der Waals surface area contributed by atoms with Gasteiger partial charge in [0.1, 0.15) is 12.4 Å². The summed E-state index contributed by atoms with van der Waals surface area (Å²) in [5.41, 5.74) is 2.87. The minimum Gasteiger partial charge on any atom is -0.493 e. The van der Waals surface area contributed by atoms with Crippen LogP contribution in [0.25, 0.3) is 0 Å². The van der Waals surface area contributed by atoms with Crippen LogP contribution in [0.1, 0.15) is 42.8 Å². The van der Waals surface area contributed by atoms with E-state index in [0.29, 0.717) is 30.6 Å². The maximum absolute atomic E-state index is 9.48. The number of hydrogen-bond donors (Lipinski definition) is 2. The van der Waals surface area contributed by atoms with E-state index in [1.807, 2.05) is 32.0 Å². The zero-order valence-corrected chi connectivity index (χ0v) is 16.3. The molecule has 2 N–H and O–H groups in total. The Morgan fingerprint density at radius 3 is 2.58 bits per heavy atom. The molecule has 6 nitrogen and oxygen atoms in total. The van der Waals surface area contributed by atoms with Crippen molar-refractivity contribution in [1.29, 1.82) is 0 Å². The van der Waals surface area contributed by atoms with E-state index >= 15 is 0 Å². The van der Waals surface area contributed by atoms with Gasteiger partial charge in [0.05, 0.1) is 25.0 Å². The predicted molar refractivity (Wildman–Crippen MR) is 100 cm³/mol. The van der Waals surface area contributed by atoms with Crippen molar-refractivity contribution in [1.82, 2.24) is 10.5 Å². The van der Waals surface area contributed by atoms with Crippen molar-refractivity contribution in [2.45, 2.75) is 53.3 Å². The third kappa shape index (κ3) is 5.47. The van der Waals surface area contributed by atoms with Crippen LogP contribution < -0.4 is 14.8 Å². The van der Waals surface area contributed by atoms with Crippen molar-refractivity contribution in [2.24, 2.45) is 5.92 Å². The number of aryl methyl sites for hydroxylation is 2. The Morgan fingerprint density at radius 1 is 1.23 bits per heavy atom. The van der Waals surface area contributed by atoms with Crippen molar-refractivity contribution in [3.8, 4) is 11.5 Å². The molecule has 0 fully saturated rings. The summed E-state index contributed by atoms with van der Waals surface area (Å²) in [5, 5.41) is 16.8. The molecule has 0 spiro atoms. The largest absolute Gasteiger partial charge is 0.493 e. The Kier molecular flexibility index (Phi) is 7.48. The van der Waals surface area contributed by atoms with Crippen LogP contribution in [0, 0.1) is 19.8 Å². The van der Waals surface area contributed by atoms with Gasteiger partial charge in [-0.1, -0.05) is 25.1 Å². The van der Waals surface area contributed by atoms with Crippen molar-refractivity contribution in [2.75, 3.05) is 13.7 Å². The van der Waals surface area contributed by atoms with Crippen molar-refractivity contribution in [3.05, 3.63) is 40.8 Å². The summed E-state index contributed by atoms with van der Waals surface area (Å²) in [6.07, 6.45) is 0.937. The number of aliphatic hydroxyl groups is 1. The summed E-state index contributed by atoms with van der Waals surface area (Å²) in [4.78, 5) is 0. The molecule has 1 aromatic carbocycles. The lowest BCUT2D eigenvalue weighted by molar-refractivity contribution is 0.223. The normalized spacial score (nSPS) is 12.4. The lowest BCUT2D eigenvalue weighted by Gasteiger charge is -2.19. The minimum atomic E-state index is 0.0939. The van der Waals surface area contributed by atoms with Crippen LogP contribution in [0.3, 0.4) is 0 Å². The first-order valence-electron chi connectivity index (χ1n) is 9.00. The van der Waals surface area contributed by atoms with Crippen LogP contribution in [0.15, 0.2) is 22.7 Å². The molecule has 6 heteroatoms. The van der Waals surface area contributed by atoms with Gasteiger partial charge in [-0.05, 0) is 43.9 Å². The topological polar surface area (TPSA) is 76.8 Å². The van der Waals surface area contributed by atoms with Gasteiger partial charge in [-0.25, -0.2) is 0 Å². The summed E-state index contributed by atoms with van der Waals surface area (Å²) >= 11 is 0. The number of hydrogen-bond acceptors (Lipinski definition) is 6. The third-order valence-corrected chi connectivity index (χ3v) is 4.35. The van der Waals surface area contributed by atoms with Gasteiger partial charge >= 0.3 is 0 Å². The highest BCUT2D eigenvalue weighted by Gasteiger charge is 2.13. The van der Waals surface area contributed by atoms with Crippen molar-refractivity contribution in [3.63, 3.8) is 0 Å². The van der Waals surface area contributed by atoms with Gasteiger partial charge in [-0.2, -0.15) is 0 Å². The summed E-state index contributed by atoms with van der Waals surface area (Å²) in [6.45, 7) is 9.26. The van der Waals surface area contributed by atoms with E-state index in [1.165, 1.54) is 0 Å². The first-order chi connectivity index (χ1) is 12.4. The van der Waals surface area contributed by atoms with E-state index in [2.05, 4.69) is 24.3 Å². The number of benzene rings is 1. The molecule has 0 saturated carbocycles. The highest BCUT2D eigenvalue weighted by atomic mass is 16.5. The summed E-state index contributed by atoms with van der Waals surface area (Å²) in [6, 6.07) is 5.96. The fourth-order valence-electron chi connectivity index (χ4n) is 2.85. The molecular formula is C20H30N2O4. The zero-order valence-electron chi connectivity index (χ0n) is 16.3. The quantitative estimate of drug-likeness (QED) is 0.675. The summed E-state index contributed by atoms with van der Waals surface area (Å²) in [5.74, 6) is 2.66. The fraction of sp³-hybridized carbons (Fsp3) is 0.550.